The largest absolute Gasteiger partial charge is 0.323 e. The van der Waals surface area contributed by atoms with Crippen LogP contribution in [-0.2, 0) is 11.8 Å². The van der Waals surface area contributed by atoms with Crippen molar-refractivity contribution in [1.82, 2.24) is 9.78 Å². The fourth-order valence-electron chi connectivity index (χ4n) is 1.07. The smallest absolute Gasteiger partial charge is 0.224 e. The van der Waals surface area contributed by atoms with Crippen molar-refractivity contribution in [3.8, 4) is 0 Å². The van der Waals surface area contributed by atoms with E-state index in [0.717, 1.165) is 5.69 Å². The summed E-state index contributed by atoms with van der Waals surface area (Å²) in [6.07, 6.45) is 3.96. The molecule has 1 aromatic rings. The summed E-state index contributed by atoms with van der Waals surface area (Å²) in [5, 5.41) is 6.72. The van der Waals surface area contributed by atoms with Gasteiger partial charge in [-0.3, -0.25) is 9.48 Å². The number of aryl methyl sites for hydroxylation is 1. The highest BCUT2D eigenvalue weighted by atomic mass is 16.1. The van der Waals surface area contributed by atoms with Crippen LogP contribution in [0.4, 0.5) is 5.69 Å². The van der Waals surface area contributed by atoms with Crippen molar-refractivity contribution in [2.45, 2.75) is 20.3 Å². The number of nitrogens with zero attached hydrogens (tertiary/aromatic N) is 2. The van der Waals surface area contributed by atoms with Gasteiger partial charge in [0, 0.05) is 19.7 Å². The minimum Gasteiger partial charge on any atom is -0.323 e. The fourth-order valence-corrected chi connectivity index (χ4v) is 1.07. The summed E-state index contributed by atoms with van der Waals surface area (Å²) in [6.45, 7) is 4.03. The Bertz CT molecular complexity index is 291. The average Bonchev–Trinajstić information content (AvgIpc) is 2.33. The van der Waals surface area contributed by atoms with E-state index < -0.39 is 0 Å². The molecule has 0 atom stereocenters. The lowest BCUT2D eigenvalue weighted by molar-refractivity contribution is -0.116. The maximum absolute atomic E-state index is 11.3. The molecule has 13 heavy (non-hydrogen) atoms. The number of carbonyl (C=O) groups excluding carboxylic acids is 1. The zero-order chi connectivity index (χ0) is 9.84. The molecule has 4 nitrogen and oxygen atoms in total. The van der Waals surface area contributed by atoms with Crippen LogP contribution in [0.15, 0.2) is 12.4 Å². The predicted molar refractivity (Wildman–Crippen MR) is 51.3 cm³/mol. The first-order valence-electron chi connectivity index (χ1n) is 4.36. The Kier molecular flexibility index (Phi) is 3.06. The van der Waals surface area contributed by atoms with Crippen LogP contribution in [0.2, 0.25) is 0 Å². The maximum Gasteiger partial charge on any atom is 0.224 e. The zero-order valence-corrected chi connectivity index (χ0v) is 8.24. The fraction of sp³-hybridized carbons (Fsp3) is 0.556. The van der Waals surface area contributed by atoms with E-state index in [-0.39, 0.29) is 5.91 Å². The number of rotatable bonds is 3. The number of hydrogen-bond donors (Lipinski definition) is 1. The summed E-state index contributed by atoms with van der Waals surface area (Å²) in [5.41, 5.74) is 0.758. The van der Waals surface area contributed by atoms with Gasteiger partial charge in [0.05, 0.1) is 11.9 Å². The van der Waals surface area contributed by atoms with Crippen LogP contribution in [0.3, 0.4) is 0 Å². The van der Waals surface area contributed by atoms with Gasteiger partial charge in [0.15, 0.2) is 0 Å². The number of amides is 1. The monoisotopic (exact) mass is 181 g/mol. The Morgan fingerprint density at radius 2 is 2.38 bits per heavy atom. The second-order valence-electron chi connectivity index (χ2n) is 3.55. The summed E-state index contributed by atoms with van der Waals surface area (Å²) >= 11 is 0. The second-order valence-corrected chi connectivity index (χ2v) is 3.55. The van der Waals surface area contributed by atoms with E-state index in [0.29, 0.717) is 12.3 Å². The topological polar surface area (TPSA) is 46.9 Å². The van der Waals surface area contributed by atoms with Crippen LogP contribution in [0.25, 0.3) is 0 Å². The number of nitrogens with one attached hydrogen (secondary N) is 1. The second kappa shape index (κ2) is 4.07. The third-order valence-corrected chi connectivity index (χ3v) is 1.58. The van der Waals surface area contributed by atoms with Gasteiger partial charge in [-0.15, -0.1) is 0 Å². The third-order valence-electron chi connectivity index (χ3n) is 1.58. The summed E-state index contributed by atoms with van der Waals surface area (Å²) < 4.78 is 1.66. The van der Waals surface area contributed by atoms with Crippen molar-refractivity contribution in [2.75, 3.05) is 5.32 Å². The minimum atomic E-state index is 0.0444. The number of hydrogen-bond acceptors (Lipinski definition) is 2. The molecule has 0 aromatic carbocycles. The molecule has 1 heterocycles. The van der Waals surface area contributed by atoms with Gasteiger partial charge in [0.25, 0.3) is 0 Å². The lowest BCUT2D eigenvalue weighted by atomic mass is 10.1. The van der Waals surface area contributed by atoms with Crippen molar-refractivity contribution in [2.24, 2.45) is 13.0 Å². The first-order valence-corrected chi connectivity index (χ1v) is 4.36. The van der Waals surface area contributed by atoms with Crippen LogP contribution in [0.1, 0.15) is 20.3 Å². The van der Waals surface area contributed by atoms with Crippen LogP contribution >= 0.6 is 0 Å². The molecule has 1 aromatic heterocycles. The summed E-state index contributed by atoms with van der Waals surface area (Å²) in [6, 6.07) is 0. The van der Waals surface area contributed by atoms with E-state index >= 15 is 0 Å². The molecule has 0 saturated carbocycles. The number of aromatic nitrogens is 2. The molecular weight excluding hydrogens is 166 g/mol. The molecule has 4 heteroatoms. The molecule has 0 aliphatic carbocycles. The molecule has 0 bridgehead atoms. The molecule has 0 aliphatic rings. The Labute approximate surface area is 77.9 Å². The number of anilines is 1. The van der Waals surface area contributed by atoms with Crippen molar-refractivity contribution in [1.29, 1.82) is 0 Å². The highest BCUT2D eigenvalue weighted by molar-refractivity contribution is 5.90. The summed E-state index contributed by atoms with van der Waals surface area (Å²) in [7, 11) is 1.82. The van der Waals surface area contributed by atoms with Crippen molar-refractivity contribution >= 4 is 11.6 Å². The molecule has 72 valence electrons. The van der Waals surface area contributed by atoms with Crippen molar-refractivity contribution in [3.63, 3.8) is 0 Å². The van der Waals surface area contributed by atoms with Gasteiger partial charge in [-0.2, -0.15) is 5.10 Å². The predicted octanol–water partition coefficient (Wildman–Crippen LogP) is 1.40. The van der Waals surface area contributed by atoms with E-state index in [9.17, 15) is 4.79 Å². The molecule has 0 unspecified atom stereocenters. The van der Waals surface area contributed by atoms with Crippen LogP contribution in [0, 0.1) is 5.92 Å². The number of carbonyl (C=O) groups is 1. The molecule has 0 spiro atoms. The lowest BCUT2D eigenvalue weighted by Crippen LogP contribution is -2.13. The van der Waals surface area contributed by atoms with Gasteiger partial charge in [0.2, 0.25) is 5.91 Å². The molecule has 1 rings (SSSR count). The van der Waals surface area contributed by atoms with Crippen molar-refractivity contribution < 1.29 is 4.79 Å². The van der Waals surface area contributed by atoms with Gasteiger partial charge >= 0.3 is 0 Å². The van der Waals surface area contributed by atoms with E-state index in [1.807, 2.05) is 20.9 Å². The molecule has 0 fully saturated rings. The molecule has 1 N–H and O–H groups in total. The highest BCUT2D eigenvalue weighted by Gasteiger charge is 2.05. The van der Waals surface area contributed by atoms with Gasteiger partial charge < -0.3 is 5.32 Å². The van der Waals surface area contributed by atoms with Crippen LogP contribution < -0.4 is 5.32 Å². The average molecular weight is 181 g/mol. The molecular formula is C9H15N3O. The third kappa shape index (κ3) is 3.27. The zero-order valence-electron chi connectivity index (χ0n) is 8.24. The summed E-state index contributed by atoms with van der Waals surface area (Å²) in [4.78, 5) is 11.3. The van der Waals surface area contributed by atoms with E-state index in [1.165, 1.54) is 0 Å². The van der Waals surface area contributed by atoms with Crippen LogP contribution in [-0.4, -0.2) is 15.7 Å². The summed E-state index contributed by atoms with van der Waals surface area (Å²) in [5.74, 6) is 0.430. The van der Waals surface area contributed by atoms with Gasteiger partial charge in [-0.05, 0) is 5.92 Å². The molecule has 1 amide bonds. The maximum atomic E-state index is 11.3. The van der Waals surface area contributed by atoms with E-state index in [2.05, 4.69) is 10.4 Å². The Morgan fingerprint density at radius 1 is 1.69 bits per heavy atom. The SMILES string of the molecule is CC(C)CC(=O)Nc1cnn(C)c1. The van der Waals surface area contributed by atoms with Gasteiger partial charge in [0.1, 0.15) is 0 Å². The lowest BCUT2D eigenvalue weighted by Gasteiger charge is -2.03. The molecule has 0 radical (unpaired) electrons. The van der Waals surface area contributed by atoms with Gasteiger partial charge in [-0.25, -0.2) is 0 Å². The van der Waals surface area contributed by atoms with Crippen molar-refractivity contribution in [3.05, 3.63) is 12.4 Å². The standard InChI is InChI=1S/C9H15N3O/c1-7(2)4-9(13)11-8-5-10-12(3)6-8/h5-7H,4H2,1-3H3,(H,11,13). The first kappa shape index (κ1) is 9.77. The highest BCUT2D eigenvalue weighted by Crippen LogP contribution is 2.06. The Hall–Kier alpha value is -1.32. The van der Waals surface area contributed by atoms with Gasteiger partial charge in [-0.1, -0.05) is 13.8 Å². The van der Waals surface area contributed by atoms with E-state index in [4.69, 9.17) is 0 Å². The van der Waals surface area contributed by atoms with E-state index in [1.54, 1.807) is 17.1 Å². The Balaban J connectivity index is 2.45. The van der Waals surface area contributed by atoms with Crippen LogP contribution in [0.5, 0.6) is 0 Å². The minimum absolute atomic E-state index is 0.0444. The molecule has 0 saturated heterocycles. The molecule has 0 aliphatic heterocycles. The normalized spacial score (nSPS) is 10.5. The first-order chi connectivity index (χ1) is 6.08. The Morgan fingerprint density at radius 3 is 2.85 bits per heavy atom. The quantitative estimate of drug-likeness (QED) is 0.766.